The molecular weight excluding hydrogens is 472 g/mol. The van der Waals surface area contributed by atoms with E-state index in [0.29, 0.717) is 28.1 Å². The van der Waals surface area contributed by atoms with Crippen molar-refractivity contribution in [2.45, 2.75) is 13.3 Å². The van der Waals surface area contributed by atoms with E-state index in [1.54, 1.807) is 18.2 Å². The number of benzene rings is 3. The minimum absolute atomic E-state index is 0.386. The van der Waals surface area contributed by atoms with Gasteiger partial charge in [0.15, 0.2) is 0 Å². The van der Waals surface area contributed by atoms with Gasteiger partial charge in [-0.15, -0.1) is 0 Å². The molecule has 0 aromatic heterocycles. The lowest BCUT2D eigenvalue weighted by atomic mass is 10.1. The van der Waals surface area contributed by atoms with E-state index < -0.39 is 5.97 Å². The molecule has 0 radical (unpaired) electrons. The molecule has 0 aliphatic rings. The average Bonchev–Trinajstić information content (AvgIpc) is 2.69. The lowest BCUT2D eigenvalue weighted by Crippen LogP contribution is -2.11. The van der Waals surface area contributed by atoms with Gasteiger partial charge in [0.2, 0.25) is 0 Å². The highest BCUT2D eigenvalue weighted by Crippen LogP contribution is 2.32. The Balaban J connectivity index is 1.83. The number of hydrogen-bond donors (Lipinski definition) is 0. The van der Waals surface area contributed by atoms with Gasteiger partial charge in [0.25, 0.3) is 0 Å². The van der Waals surface area contributed by atoms with Crippen LogP contribution < -0.4 is 9.47 Å². The van der Waals surface area contributed by atoms with E-state index in [1.165, 1.54) is 0 Å². The van der Waals surface area contributed by atoms with Crippen molar-refractivity contribution in [3.05, 3.63) is 81.2 Å². The predicted molar refractivity (Wildman–Crippen MR) is 114 cm³/mol. The molecule has 3 rings (SSSR count). The van der Waals surface area contributed by atoms with Gasteiger partial charge < -0.3 is 9.47 Å². The monoisotopic (exact) mass is 488 g/mol. The molecule has 0 unspecified atom stereocenters. The second kappa shape index (κ2) is 9.20. The van der Waals surface area contributed by atoms with Crippen LogP contribution in [-0.4, -0.2) is 12.6 Å². The second-order valence-corrected chi connectivity index (χ2v) is 7.66. The van der Waals surface area contributed by atoms with Gasteiger partial charge in [-0.05, 0) is 63.8 Å². The highest BCUT2D eigenvalue weighted by molar-refractivity contribution is 9.10. The van der Waals surface area contributed by atoms with Crippen LogP contribution >= 0.6 is 31.9 Å². The first-order valence-corrected chi connectivity index (χ1v) is 10.2. The van der Waals surface area contributed by atoms with Gasteiger partial charge in [0, 0.05) is 4.47 Å². The van der Waals surface area contributed by atoms with Crippen molar-refractivity contribution in [3.8, 4) is 22.6 Å². The summed E-state index contributed by atoms with van der Waals surface area (Å²) in [4.78, 5) is 12.7. The number of esters is 1. The van der Waals surface area contributed by atoms with Crippen molar-refractivity contribution in [1.82, 2.24) is 0 Å². The summed E-state index contributed by atoms with van der Waals surface area (Å²) in [6, 6.07) is 21.0. The van der Waals surface area contributed by atoms with Crippen LogP contribution in [0.25, 0.3) is 11.1 Å². The third kappa shape index (κ3) is 4.99. The predicted octanol–water partition coefficient (Wildman–Crippen LogP) is 6.89. The van der Waals surface area contributed by atoms with Crippen molar-refractivity contribution in [1.29, 1.82) is 0 Å². The summed E-state index contributed by atoms with van der Waals surface area (Å²) in [5, 5.41) is 0. The summed E-state index contributed by atoms with van der Waals surface area (Å²) in [5.74, 6) is 0.513. The van der Waals surface area contributed by atoms with Gasteiger partial charge in [-0.2, -0.15) is 0 Å². The smallest absolute Gasteiger partial charge is 0.347 e. The first-order valence-electron chi connectivity index (χ1n) is 8.58. The molecule has 138 valence electrons. The fraction of sp³-hybridized carbons (Fsp3) is 0.136. The van der Waals surface area contributed by atoms with Gasteiger partial charge >= 0.3 is 5.97 Å². The van der Waals surface area contributed by atoms with E-state index in [4.69, 9.17) is 9.47 Å². The first kappa shape index (κ1) is 19.6. The van der Waals surface area contributed by atoms with Gasteiger partial charge in [-0.25, -0.2) is 4.79 Å². The lowest BCUT2D eigenvalue weighted by Gasteiger charge is -2.12. The second-order valence-electron chi connectivity index (χ2n) is 5.89. The van der Waals surface area contributed by atoms with Crippen molar-refractivity contribution in [2.24, 2.45) is 0 Å². The maximum Gasteiger partial charge on any atom is 0.347 e. The summed E-state index contributed by atoms with van der Waals surface area (Å²) in [7, 11) is 0. The average molecular weight is 490 g/mol. The third-order valence-corrected chi connectivity index (χ3v) is 4.98. The summed E-state index contributed by atoms with van der Waals surface area (Å²) in [6.07, 6.45) is 0.858. The van der Waals surface area contributed by atoms with Crippen LogP contribution in [0.3, 0.4) is 0 Å². The molecule has 0 spiro atoms. The zero-order valence-corrected chi connectivity index (χ0v) is 17.9. The molecule has 0 fully saturated rings. The number of carbonyl (C=O) groups is 1. The number of hydrogen-bond acceptors (Lipinski definition) is 3. The van der Waals surface area contributed by atoms with Gasteiger partial charge in [0.1, 0.15) is 17.1 Å². The van der Waals surface area contributed by atoms with Crippen LogP contribution in [0.15, 0.2) is 75.7 Å². The fourth-order valence-electron chi connectivity index (χ4n) is 2.55. The van der Waals surface area contributed by atoms with Crippen molar-refractivity contribution in [3.63, 3.8) is 0 Å². The molecule has 5 heteroatoms. The third-order valence-electron chi connectivity index (χ3n) is 3.86. The minimum atomic E-state index is -0.462. The van der Waals surface area contributed by atoms with Crippen LogP contribution in [0.4, 0.5) is 0 Å². The summed E-state index contributed by atoms with van der Waals surface area (Å²) in [6.45, 7) is 2.56. The Labute approximate surface area is 175 Å². The van der Waals surface area contributed by atoms with Crippen LogP contribution in [0, 0.1) is 0 Å². The van der Waals surface area contributed by atoms with E-state index in [2.05, 4.69) is 31.9 Å². The number of ether oxygens (including phenoxy) is 2. The zero-order chi connectivity index (χ0) is 19.2. The molecule has 0 amide bonds. The first-order chi connectivity index (χ1) is 13.1. The Bertz CT molecular complexity index is 940. The molecule has 3 aromatic carbocycles. The Morgan fingerprint density at radius 1 is 0.889 bits per heavy atom. The zero-order valence-electron chi connectivity index (χ0n) is 14.7. The Hall–Kier alpha value is -2.11. The molecule has 27 heavy (non-hydrogen) atoms. The van der Waals surface area contributed by atoms with Crippen LogP contribution in [0.1, 0.15) is 23.7 Å². The number of halogens is 2. The van der Waals surface area contributed by atoms with Crippen LogP contribution in [-0.2, 0) is 0 Å². The normalized spacial score (nSPS) is 10.5. The van der Waals surface area contributed by atoms with E-state index in [0.717, 1.165) is 22.0 Å². The SMILES string of the molecule is CCCOc1ccc(Br)cc1C(=O)Oc1ccc(-c2ccccc2)cc1Br. The Morgan fingerprint density at radius 3 is 2.33 bits per heavy atom. The van der Waals surface area contributed by atoms with E-state index in [-0.39, 0.29) is 0 Å². The molecule has 0 saturated heterocycles. The van der Waals surface area contributed by atoms with Gasteiger partial charge in [-0.1, -0.05) is 59.3 Å². The number of carbonyl (C=O) groups excluding carboxylic acids is 1. The molecule has 0 saturated carbocycles. The fourth-order valence-corrected chi connectivity index (χ4v) is 3.37. The number of rotatable bonds is 6. The van der Waals surface area contributed by atoms with Crippen LogP contribution in [0.5, 0.6) is 11.5 Å². The lowest BCUT2D eigenvalue weighted by molar-refractivity contribution is 0.0729. The Morgan fingerprint density at radius 2 is 1.63 bits per heavy atom. The van der Waals surface area contributed by atoms with E-state index in [1.807, 2.05) is 55.5 Å². The Kier molecular flexibility index (Phi) is 6.69. The largest absolute Gasteiger partial charge is 0.493 e. The highest BCUT2D eigenvalue weighted by atomic mass is 79.9. The quantitative estimate of drug-likeness (QED) is 0.279. The summed E-state index contributed by atoms with van der Waals surface area (Å²) in [5.41, 5.74) is 2.52. The molecule has 0 aliphatic heterocycles. The molecule has 0 heterocycles. The maximum absolute atomic E-state index is 12.7. The van der Waals surface area contributed by atoms with E-state index >= 15 is 0 Å². The topological polar surface area (TPSA) is 35.5 Å². The van der Waals surface area contributed by atoms with Crippen molar-refractivity contribution in [2.75, 3.05) is 6.61 Å². The molecule has 0 bridgehead atoms. The molecule has 3 aromatic rings. The molecule has 0 N–H and O–H groups in total. The highest BCUT2D eigenvalue weighted by Gasteiger charge is 2.17. The molecule has 0 aliphatic carbocycles. The summed E-state index contributed by atoms with van der Waals surface area (Å²) >= 11 is 6.90. The van der Waals surface area contributed by atoms with E-state index in [9.17, 15) is 4.79 Å². The summed E-state index contributed by atoms with van der Waals surface area (Å²) < 4.78 is 12.8. The maximum atomic E-state index is 12.7. The van der Waals surface area contributed by atoms with Crippen LogP contribution in [0.2, 0.25) is 0 Å². The van der Waals surface area contributed by atoms with Crippen molar-refractivity contribution < 1.29 is 14.3 Å². The standard InChI is InChI=1S/C22H18Br2O3/c1-2-12-26-20-11-9-17(23)14-18(20)22(25)27-21-10-8-16(13-19(21)24)15-6-4-3-5-7-15/h3-11,13-14H,2,12H2,1H3. The molecule has 3 nitrogen and oxygen atoms in total. The van der Waals surface area contributed by atoms with Gasteiger partial charge in [-0.3, -0.25) is 0 Å². The minimum Gasteiger partial charge on any atom is -0.493 e. The van der Waals surface area contributed by atoms with Gasteiger partial charge in [0.05, 0.1) is 11.1 Å². The molecule has 0 atom stereocenters. The molecular formula is C22H18Br2O3. The van der Waals surface area contributed by atoms with Crippen molar-refractivity contribution >= 4 is 37.8 Å².